The molecule has 0 saturated heterocycles. The molecule has 0 rings (SSSR count). The van der Waals surface area contributed by atoms with E-state index >= 15 is 0 Å². The minimum atomic E-state index is 0.219. The van der Waals surface area contributed by atoms with Crippen LogP contribution in [0.25, 0.3) is 0 Å². The van der Waals surface area contributed by atoms with E-state index in [0.29, 0.717) is 12.8 Å². The van der Waals surface area contributed by atoms with Gasteiger partial charge in [0.2, 0.25) is 11.8 Å². The van der Waals surface area contributed by atoms with Crippen LogP contribution in [0.4, 0.5) is 0 Å². The highest BCUT2D eigenvalue weighted by molar-refractivity contribution is 5.76. The Morgan fingerprint density at radius 2 is 0.647 bits per heavy atom. The van der Waals surface area contributed by atoms with Crippen LogP contribution >= 0.6 is 0 Å². The molecule has 0 unspecified atom stereocenters. The number of hydrogen-bond acceptors (Lipinski definition) is 2. The first kappa shape index (κ1) is 32.9. The Balaban J connectivity index is 3.25. The van der Waals surface area contributed by atoms with Crippen LogP contribution in [0.3, 0.4) is 0 Å². The van der Waals surface area contributed by atoms with Gasteiger partial charge in [-0.25, -0.2) is 0 Å². The Kier molecular flexibility index (Phi) is 27.3. The molecule has 0 bridgehead atoms. The molecule has 0 aliphatic heterocycles. The second kappa shape index (κ2) is 28.2. The topological polar surface area (TPSA) is 58.2 Å². The van der Waals surface area contributed by atoms with Gasteiger partial charge in [0, 0.05) is 25.9 Å². The fourth-order valence-electron chi connectivity index (χ4n) is 4.43. The molecule has 202 valence electrons. The maximum Gasteiger partial charge on any atom is 0.219 e. The fourth-order valence-corrected chi connectivity index (χ4v) is 4.43. The average Bonchev–Trinajstić information content (AvgIpc) is 2.83. The smallest absolute Gasteiger partial charge is 0.219 e. The second-order valence-electron chi connectivity index (χ2n) is 10.3. The Morgan fingerprint density at radius 1 is 0.382 bits per heavy atom. The molecule has 0 aliphatic carbocycles. The average molecular weight is 481 g/mol. The standard InChI is InChI=1S/C30H60N2O2/c1-3-5-7-9-11-15-19-23-27-31-29(33)25-21-17-13-14-18-22-26-30(34)32-28-24-20-16-12-10-8-6-4-2/h3-28H2,1-2H3,(H,31,33)(H,32,34). The summed E-state index contributed by atoms with van der Waals surface area (Å²) in [5.41, 5.74) is 0. The van der Waals surface area contributed by atoms with Crippen molar-refractivity contribution in [3.63, 3.8) is 0 Å². The first-order valence-corrected chi connectivity index (χ1v) is 15.2. The largest absolute Gasteiger partial charge is 0.356 e. The van der Waals surface area contributed by atoms with Crippen LogP contribution < -0.4 is 10.6 Å². The number of hydrogen-bond donors (Lipinski definition) is 2. The van der Waals surface area contributed by atoms with Crippen LogP contribution in [0.15, 0.2) is 0 Å². The number of nitrogens with one attached hydrogen (secondary N) is 2. The molecule has 0 aliphatic rings. The SMILES string of the molecule is CCCCCCCCCCNC(=O)CCCCCCCCC(=O)NCCCCCCCCCC. The van der Waals surface area contributed by atoms with E-state index in [2.05, 4.69) is 24.5 Å². The van der Waals surface area contributed by atoms with Gasteiger partial charge in [0.05, 0.1) is 0 Å². The summed E-state index contributed by atoms with van der Waals surface area (Å²) in [5.74, 6) is 0.437. The zero-order valence-corrected chi connectivity index (χ0v) is 23.2. The van der Waals surface area contributed by atoms with E-state index in [0.717, 1.165) is 51.6 Å². The third kappa shape index (κ3) is 27.2. The van der Waals surface area contributed by atoms with Gasteiger partial charge in [-0.1, -0.05) is 129 Å². The predicted octanol–water partition coefficient (Wildman–Crippen LogP) is 8.62. The summed E-state index contributed by atoms with van der Waals surface area (Å²) >= 11 is 0. The van der Waals surface area contributed by atoms with Crippen LogP contribution in [0.1, 0.15) is 168 Å². The lowest BCUT2D eigenvalue weighted by molar-refractivity contribution is -0.122. The highest BCUT2D eigenvalue weighted by atomic mass is 16.2. The third-order valence-corrected chi connectivity index (χ3v) is 6.76. The number of carbonyl (C=O) groups is 2. The second-order valence-corrected chi connectivity index (χ2v) is 10.3. The molecule has 0 aromatic carbocycles. The first-order chi connectivity index (χ1) is 16.7. The normalized spacial score (nSPS) is 11.0. The first-order valence-electron chi connectivity index (χ1n) is 15.2. The molecular formula is C30H60N2O2. The lowest BCUT2D eigenvalue weighted by Gasteiger charge is -2.06. The number of carbonyl (C=O) groups excluding carboxylic acids is 2. The van der Waals surface area contributed by atoms with Gasteiger partial charge < -0.3 is 10.6 Å². The maximum absolute atomic E-state index is 11.9. The minimum Gasteiger partial charge on any atom is -0.356 e. The molecular weight excluding hydrogens is 420 g/mol. The molecule has 0 aromatic heterocycles. The van der Waals surface area contributed by atoms with Crippen molar-refractivity contribution < 1.29 is 9.59 Å². The zero-order chi connectivity index (χ0) is 25.0. The van der Waals surface area contributed by atoms with Crippen molar-refractivity contribution >= 4 is 11.8 Å². The van der Waals surface area contributed by atoms with Crippen molar-refractivity contribution in [2.45, 2.75) is 168 Å². The summed E-state index contributed by atoms with van der Waals surface area (Å²) in [7, 11) is 0. The van der Waals surface area contributed by atoms with Gasteiger partial charge in [-0.15, -0.1) is 0 Å². The van der Waals surface area contributed by atoms with Crippen LogP contribution in [0.5, 0.6) is 0 Å². The van der Waals surface area contributed by atoms with Crippen molar-refractivity contribution in [1.29, 1.82) is 0 Å². The molecule has 0 saturated carbocycles. The van der Waals surface area contributed by atoms with Crippen molar-refractivity contribution in [3.8, 4) is 0 Å². The van der Waals surface area contributed by atoms with Crippen molar-refractivity contribution in [3.05, 3.63) is 0 Å². The van der Waals surface area contributed by atoms with Crippen molar-refractivity contribution in [2.24, 2.45) is 0 Å². The lowest BCUT2D eigenvalue weighted by Crippen LogP contribution is -2.24. The van der Waals surface area contributed by atoms with Gasteiger partial charge >= 0.3 is 0 Å². The molecule has 34 heavy (non-hydrogen) atoms. The molecule has 0 aromatic rings. The van der Waals surface area contributed by atoms with Gasteiger partial charge in [-0.3, -0.25) is 9.59 Å². The number of rotatable bonds is 27. The van der Waals surface area contributed by atoms with Gasteiger partial charge in [0.1, 0.15) is 0 Å². The molecule has 0 fully saturated rings. The predicted molar refractivity (Wildman–Crippen MR) is 148 cm³/mol. The van der Waals surface area contributed by atoms with E-state index in [4.69, 9.17) is 0 Å². The molecule has 4 heteroatoms. The third-order valence-electron chi connectivity index (χ3n) is 6.76. The molecule has 0 radical (unpaired) electrons. The van der Waals surface area contributed by atoms with E-state index in [-0.39, 0.29) is 11.8 Å². The fraction of sp³-hybridized carbons (Fsp3) is 0.933. The highest BCUT2D eigenvalue weighted by Crippen LogP contribution is 2.10. The van der Waals surface area contributed by atoms with Gasteiger partial charge in [0.15, 0.2) is 0 Å². The maximum atomic E-state index is 11.9. The zero-order valence-electron chi connectivity index (χ0n) is 23.2. The number of amides is 2. The molecule has 2 amide bonds. The van der Waals surface area contributed by atoms with E-state index in [9.17, 15) is 9.59 Å². The van der Waals surface area contributed by atoms with Crippen LogP contribution in [0, 0.1) is 0 Å². The van der Waals surface area contributed by atoms with E-state index < -0.39 is 0 Å². The molecule has 2 N–H and O–H groups in total. The van der Waals surface area contributed by atoms with Crippen LogP contribution in [0.2, 0.25) is 0 Å². The Hall–Kier alpha value is -1.06. The minimum absolute atomic E-state index is 0.219. The van der Waals surface area contributed by atoms with Gasteiger partial charge in [-0.2, -0.15) is 0 Å². The summed E-state index contributed by atoms with van der Waals surface area (Å²) in [5, 5.41) is 6.14. The Morgan fingerprint density at radius 3 is 0.971 bits per heavy atom. The lowest BCUT2D eigenvalue weighted by atomic mass is 10.1. The van der Waals surface area contributed by atoms with Gasteiger partial charge in [-0.05, 0) is 25.7 Å². The quantitative estimate of drug-likeness (QED) is 0.116. The van der Waals surface area contributed by atoms with Gasteiger partial charge in [0.25, 0.3) is 0 Å². The summed E-state index contributed by atoms with van der Waals surface area (Å²) in [6.07, 6.45) is 28.8. The van der Waals surface area contributed by atoms with E-state index in [1.165, 1.54) is 103 Å². The van der Waals surface area contributed by atoms with E-state index in [1.807, 2.05) is 0 Å². The molecule has 0 heterocycles. The molecule has 0 atom stereocenters. The summed E-state index contributed by atoms with van der Waals surface area (Å²) < 4.78 is 0. The van der Waals surface area contributed by atoms with Crippen molar-refractivity contribution in [1.82, 2.24) is 10.6 Å². The van der Waals surface area contributed by atoms with Crippen LogP contribution in [-0.2, 0) is 9.59 Å². The highest BCUT2D eigenvalue weighted by Gasteiger charge is 2.02. The summed E-state index contributed by atoms with van der Waals surface area (Å²) in [6, 6.07) is 0. The number of unbranched alkanes of at least 4 members (excludes halogenated alkanes) is 19. The molecule has 4 nitrogen and oxygen atoms in total. The monoisotopic (exact) mass is 480 g/mol. The summed E-state index contributed by atoms with van der Waals surface area (Å²) in [4.78, 5) is 23.8. The van der Waals surface area contributed by atoms with E-state index in [1.54, 1.807) is 0 Å². The molecule has 0 spiro atoms. The van der Waals surface area contributed by atoms with Crippen molar-refractivity contribution in [2.75, 3.05) is 13.1 Å². The Labute approximate surface area is 213 Å². The Bertz CT molecular complexity index is 400. The summed E-state index contributed by atoms with van der Waals surface area (Å²) in [6.45, 7) is 6.19. The van der Waals surface area contributed by atoms with Crippen LogP contribution in [-0.4, -0.2) is 24.9 Å².